The van der Waals surface area contributed by atoms with Gasteiger partial charge in [0.1, 0.15) is 11.6 Å². The largest absolute Gasteiger partial charge is 0.497 e. The molecule has 0 aliphatic rings. The molecule has 28 heavy (non-hydrogen) atoms. The number of ether oxygens (including phenoxy) is 2. The number of aromatic nitrogens is 2. The summed E-state index contributed by atoms with van der Waals surface area (Å²) in [5.41, 5.74) is 0.667. The van der Waals surface area contributed by atoms with Crippen molar-refractivity contribution in [1.82, 2.24) is 9.55 Å². The number of methoxy groups -OCH3 is 2. The third-order valence-electron chi connectivity index (χ3n) is 3.94. The van der Waals surface area contributed by atoms with E-state index >= 15 is 0 Å². The maximum absolute atomic E-state index is 13.4. The van der Waals surface area contributed by atoms with Gasteiger partial charge in [-0.05, 0) is 29.8 Å². The first-order valence-corrected chi connectivity index (χ1v) is 8.87. The maximum Gasteiger partial charge on any atom is 0.316 e. The molecule has 6 nitrogen and oxygen atoms in total. The molecule has 0 aliphatic carbocycles. The third-order valence-corrected chi connectivity index (χ3v) is 4.56. The normalized spacial score (nSPS) is 10.6. The first-order chi connectivity index (χ1) is 13.4. The number of anilines is 2. The Morgan fingerprint density at radius 2 is 1.89 bits per heavy atom. The van der Waals surface area contributed by atoms with Crippen molar-refractivity contribution in [2.45, 2.75) is 6.54 Å². The molecule has 2 aromatic carbocycles. The minimum atomic E-state index is -0.544. The van der Waals surface area contributed by atoms with Crippen molar-refractivity contribution in [3.05, 3.63) is 74.4 Å². The first kappa shape index (κ1) is 20.0. The van der Waals surface area contributed by atoms with E-state index in [9.17, 15) is 9.18 Å². The molecular weight excluding hydrogens is 408 g/mol. The molecule has 0 amide bonds. The van der Waals surface area contributed by atoms with Gasteiger partial charge < -0.3 is 19.4 Å². The molecule has 1 aromatic heterocycles. The van der Waals surface area contributed by atoms with Crippen molar-refractivity contribution in [2.24, 2.45) is 0 Å². The average molecular weight is 424 g/mol. The van der Waals surface area contributed by atoms with E-state index in [-0.39, 0.29) is 23.3 Å². The molecule has 0 bridgehead atoms. The molecule has 3 aromatic rings. The predicted octanol–water partition coefficient (Wildman–Crippen LogP) is 4.50. The Hall–Kier alpha value is -2.77. The lowest BCUT2D eigenvalue weighted by Crippen LogP contribution is -2.18. The van der Waals surface area contributed by atoms with Crippen molar-refractivity contribution >= 4 is 34.8 Å². The van der Waals surface area contributed by atoms with Crippen molar-refractivity contribution in [3.8, 4) is 11.5 Å². The van der Waals surface area contributed by atoms with Crippen molar-refractivity contribution < 1.29 is 13.9 Å². The highest BCUT2D eigenvalue weighted by Gasteiger charge is 2.13. The van der Waals surface area contributed by atoms with E-state index in [2.05, 4.69) is 10.3 Å². The van der Waals surface area contributed by atoms with E-state index in [4.69, 9.17) is 32.7 Å². The van der Waals surface area contributed by atoms with E-state index in [1.54, 1.807) is 28.8 Å². The molecule has 0 atom stereocenters. The van der Waals surface area contributed by atoms with E-state index in [0.29, 0.717) is 22.0 Å². The summed E-state index contributed by atoms with van der Waals surface area (Å²) in [4.78, 5) is 16.2. The highest BCUT2D eigenvalue weighted by atomic mass is 35.5. The number of nitrogens with zero attached hydrogens (tertiary/aromatic N) is 2. The van der Waals surface area contributed by atoms with Gasteiger partial charge in [-0.15, -0.1) is 0 Å². The van der Waals surface area contributed by atoms with Gasteiger partial charge in [-0.1, -0.05) is 29.3 Å². The van der Waals surface area contributed by atoms with Gasteiger partial charge in [0.05, 0.1) is 42.7 Å². The van der Waals surface area contributed by atoms with Crippen LogP contribution in [0.4, 0.5) is 16.0 Å². The van der Waals surface area contributed by atoms with Crippen LogP contribution in [-0.2, 0) is 6.54 Å². The second kappa shape index (κ2) is 8.50. The molecule has 0 spiro atoms. The molecule has 0 saturated heterocycles. The zero-order valence-corrected chi connectivity index (χ0v) is 16.5. The first-order valence-electron chi connectivity index (χ1n) is 8.11. The molecule has 0 unspecified atom stereocenters. The van der Waals surface area contributed by atoms with Crippen LogP contribution in [0.3, 0.4) is 0 Å². The lowest BCUT2D eigenvalue weighted by molar-refractivity contribution is 0.402. The van der Waals surface area contributed by atoms with Crippen LogP contribution in [0.2, 0.25) is 10.0 Å². The van der Waals surface area contributed by atoms with Crippen LogP contribution < -0.4 is 20.3 Å². The van der Waals surface area contributed by atoms with E-state index in [0.717, 1.165) is 0 Å². The van der Waals surface area contributed by atoms with Gasteiger partial charge in [0.15, 0.2) is 0 Å². The highest BCUT2D eigenvalue weighted by Crippen LogP contribution is 2.29. The fourth-order valence-corrected chi connectivity index (χ4v) is 2.88. The lowest BCUT2D eigenvalue weighted by atomic mass is 10.2. The molecule has 146 valence electrons. The molecular formula is C19H16Cl2FN3O3. The van der Waals surface area contributed by atoms with Crippen LogP contribution in [0.15, 0.2) is 47.4 Å². The molecule has 1 N–H and O–H groups in total. The van der Waals surface area contributed by atoms with Crippen molar-refractivity contribution in [3.63, 3.8) is 0 Å². The fraction of sp³-hybridized carbons (Fsp3) is 0.158. The number of hydrogen-bond donors (Lipinski definition) is 1. The Morgan fingerprint density at radius 1 is 1.11 bits per heavy atom. The minimum absolute atomic E-state index is 0.00354. The molecule has 0 radical (unpaired) electrons. The van der Waals surface area contributed by atoms with Crippen LogP contribution in [0.5, 0.6) is 11.5 Å². The Bertz CT molecular complexity index is 1070. The zero-order valence-electron chi connectivity index (χ0n) is 15.0. The summed E-state index contributed by atoms with van der Waals surface area (Å²) in [6, 6.07) is 9.42. The molecule has 0 aliphatic heterocycles. The Labute approximate surface area is 170 Å². The molecule has 0 fully saturated rings. The highest BCUT2D eigenvalue weighted by molar-refractivity contribution is 6.33. The van der Waals surface area contributed by atoms with Gasteiger partial charge in [-0.3, -0.25) is 4.79 Å². The Balaban J connectivity index is 2.03. The molecule has 3 rings (SSSR count). The smallest absolute Gasteiger partial charge is 0.316 e. The average Bonchev–Trinajstić information content (AvgIpc) is 2.68. The monoisotopic (exact) mass is 423 g/mol. The number of nitrogens with one attached hydrogen (secondary N) is 1. The number of benzene rings is 2. The number of rotatable bonds is 6. The lowest BCUT2D eigenvalue weighted by Gasteiger charge is -2.16. The summed E-state index contributed by atoms with van der Waals surface area (Å²) < 4.78 is 25.4. The summed E-state index contributed by atoms with van der Waals surface area (Å²) in [5.74, 6) is 0.360. The topological polar surface area (TPSA) is 65.4 Å². The summed E-state index contributed by atoms with van der Waals surface area (Å²) >= 11 is 12.1. The van der Waals surface area contributed by atoms with Gasteiger partial charge >= 0.3 is 5.56 Å². The second-order valence-corrected chi connectivity index (χ2v) is 6.60. The van der Waals surface area contributed by atoms with Crippen molar-refractivity contribution in [1.29, 1.82) is 0 Å². The van der Waals surface area contributed by atoms with Gasteiger partial charge in [-0.2, -0.15) is 4.98 Å². The standard InChI is InChI=1S/C19H16Cl2FN3O3/c1-27-12-4-5-13(20)16(8-12)23-19-24-18(26)17(28-2)10-25(19)9-11-3-6-15(22)14(21)7-11/h3-8,10H,9H2,1-2H3,(H,23,24,26). The molecule has 9 heteroatoms. The summed E-state index contributed by atoms with van der Waals surface area (Å²) in [7, 11) is 2.91. The Morgan fingerprint density at radius 3 is 2.57 bits per heavy atom. The van der Waals surface area contributed by atoms with Crippen LogP contribution in [-0.4, -0.2) is 23.8 Å². The van der Waals surface area contributed by atoms with E-state index < -0.39 is 11.4 Å². The maximum atomic E-state index is 13.4. The predicted molar refractivity (Wildman–Crippen MR) is 107 cm³/mol. The quantitative estimate of drug-likeness (QED) is 0.632. The summed E-state index contributed by atoms with van der Waals surface area (Å²) in [5, 5.41) is 3.45. The third kappa shape index (κ3) is 4.37. The van der Waals surface area contributed by atoms with E-state index in [1.165, 1.54) is 32.5 Å². The minimum Gasteiger partial charge on any atom is -0.497 e. The van der Waals surface area contributed by atoms with Gasteiger partial charge in [0.2, 0.25) is 11.7 Å². The number of halogens is 3. The van der Waals surface area contributed by atoms with Crippen LogP contribution in [0, 0.1) is 5.82 Å². The fourth-order valence-electron chi connectivity index (χ4n) is 2.52. The van der Waals surface area contributed by atoms with Gasteiger partial charge in [-0.25, -0.2) is 4.39 Å². The van der Waals surface area contributed by atoms with Gasteiger partial charge in [0, 0.05) is 6.07 Å². The SMILES string of the molecule is COc1ccc(Cl)c(Nc2nc(=O)c(OC)cn2Cc2ccc(F)c(Cl)c2)c1. The zero-order chi connectivity index (χ0) is 20.3. The Kier molecular flexibility index (Phi) is 6.06. The van der Waals surface area contributed by atoms with Crippen molar-refractivity contribution in [2.75, 3.05) is 19.5 Å². The van der Waals surface area contributed by atoms with E-state index in [1.807, 2.05) is 0 Å². The second-order valence-electron chi connectivity index (χ2n) is 5.79. The van der Waals surface area contributed by atoms with Gasteiger partial charge in [0.25, 0.3) is 0 Å². The molecule has 1 heterocycles. The summed E-state index contributed by atoms with van der Waals surface area (Å²) in [6.07, 6.45) is 1.50. The summed E-state index contributed by atoms with van der Waals surface area (Å²) in [6.45, 7) is 0.258. The van der Waals surface area contributed by atoms with Crippen LogP contribution in [0.25, 0.3) is 0 Å². The van der Waals surface area contributed by atoms with Crippen LogP contribution >= 0.6 is 23.2 Å². The number of hydrogen-bond acceptors (Lipinski definition) is 5. The molecule has 0 saturated carbocycles. The van der Waals surface area contributed by atoms with Crippen LogP contribution in [0.1, 0.15) is 5.56 Å².